The Morgan fingerprint density at radius 3 is 2.22 bits per heavy atom. The molecule has 1 heterocycles. The number of Topliss-reactive ketones (excluding diaryl/α,β-unsaturated/α-hetero) is 1. The molecule has 1 aliphatic heterocycles. The number of alkyl halides is 3. The van der Waals surface area contributed by atoms with Crippen LogP contribution in [0.2, 0.25) is 0 Å². The minimum Gasteiger partial charge on any atom is -0.741 e. The monoisotopic (exact) mass is 308 g/mol. The number of hydrogen-bond acceptors (Lipinski definition) is 4. The van der Waals surface area contributed by atoms with Gasteiger partial charge in [0.05, 0.1) is 0 Å². The van der Waals surface area contributed by atoms with E-state index in [1.165, 1.54) is 23.9 Å². The highest BCUT2D eigenvalue weighted by Crippen LogP contribution is 2.20. The average molecular weight is 308 g/mol. The highest BCUT2D eigenvalue weighted by atomic mass is 32.2. The van der Waals surface area contributed by atoms with Crippen LogP contribution in [0.25, 0.3) is 0 Å². The zero-order valence-corrected chi connectivity index (χ0v) is 11.4. The van der Waals surface area contributed by atoms with Gasteiger partial charge in [0.1, 0.15) is 5.75 Å². The van der Waals surface area contributed by atoms with Gasteiger partial charge in [0.2, 0.25) is 0 Å². The van der Waals surface area contributed by atoms with Gasteiger partial charge in [-0.15, -0.1) is 0 Å². The summed E-state index contributed by atoms with van der Waals surface area (Å²) in [5, 5.41) is 0.417. The third kappa shape index (κ3) is 6.60. The Bertz CT molecular complexity index is 358. The van der Waals surface area contributed by atoms with E-state index >= 15 is 0 Å². The maximum atomic E-state index is 11.2. The molecular weight excluding hydrogens is 293 g/mol. The summed E-state index contributed by atoms with van der Waals surface area (Å²) in [4.78, 5) is 11.2. The Morgan fingerprint density at radius 1 is 1.44 bits per heavy atom. The van der Waals surface area contributed by atoms with Crippen LogP contribution in [0.5, 0.6) is 0 Å². The van der Waals surface area contributed by atoms with Crippen LogP contribution < -0.4 is 0 Å². The van der Waals surface area contributed by atoms with E-state index < -0.39 is 15.6 Å². The summed E-state index contributed by atoms with van der Waals surface area (Å²) in [6, 6.07) is 0. The number of halogens is 3. The Labute approximate surface area is 108 Å². The van der Waals surface area contributed by atoms with E-state index in [0.717, 1.165) is 19.3 Å². The quantitative estimate of drug-likeness (QED) is 0.342. The summed E-state index contributed by atoms with van der Waals surface area (Å²) in [6.07, 6.45) is 4.24. The van der Waals surface area contributed by atoms with Crippen molar-refractivity contribution in [1.82, 2.24) is 0 Å². The first-order valence-corrected chi connectivity index (χ1v) is 7.86. The van der Waals surface area contributed by atoms with E-state index in [4.69, 9.17) is 13.0 Å². The van der Waals surface area contributed by atoms with Crippen molar-refractivity contribution < 1.29 is 30.9 Å². The standard InChI is InChI=1S/C8H14OS.CHF3O3S/c1-2-4-7(9)8-5-3-6-10-8;2-1(3,4)8(5,6)7/h8H,2-6H2,1H3;(H,5,6,7). The summed E-state index contributed by atoms with van der Waals surface area (Å²) >= 11 is 1.39. The lowest BCUT2D eigenvalue weighted by atomic mass is 10.1. The van der Waals surface area contributed by atoms with Crippen molar-refractivity contribution in [3.8, 4) is 0 Å². The Kier molecular flexibility index (Phi) is 7.23. The van der Waals surface area contributed by atoms with E-state index in [9.17, 15) is 18.0 Å². The molecule has 0 aliphatic carbocycles. The molecule has 0 N–H and O–H groups in total. The Morgan fingerprint density at radius 2 is 1.94 bits per heavy atom. The lowest BCUT2D eigenvalue weighted by Crippen LogP contribution is -2.21. The number of carbonyl (C=O) groups is 1. The number of carbonyl (C=O) groups excluding carboxylic acids is 1. The van der Waals surface area contributed by atoms with Crippen molar-refractivity contribution >= 4 is 27.7 Å². The minimum atomic E-state index is -6.09. The fourth-order valence-electron chi connectivity index (χ4n) is 1.30. The fourth-order valence-corrected chi connectivity index (χ4v) is 2.67. The highest BCUT2D eigenvalue weighted by Gasteiger charge is 2.36. The van der Waals surface area contributed by atoms with Gasteiger partial charge in [0.15, 0.2) is 21.2 Å². The number of hydrogen-bond donors (Lipinski definition) is 0. The first kappa shape index (κ1) is 17.7. The van der Waals surface area contributed by atoms with Gasteiger partial charge in [-0.05, 0) is 24.6 Å². The maximum absolute atomic E-state index is 11.2. The molecule has 18 heavy (non-hydrogen) atoms. The average Bonchev–Trinajstić information content (AvgIpc) is 2.68. The van der Waals surface area contributed by atoms with Crippen molar-refractivity contribution in [2.45, 2.75) is 43.4 Å². The van der Waals surface area contributed by atoms with Gasteiger partial charge in [-0.1, -0.05) is 6.92 Å². The summed E-state index contributed by atoms with van der Waals surface area (Å²) in [6.45, 7) is 2.07. The van der Waals surface area contributed by atoms with E-state index in [-0.39, 0.29) is 0 Å². The predicted molar refractivity (Wildman–Crippen MR) is 62.3 cm³/mol. The molecule has 9 heteroatoms. The van der Waals surface area contributed by atoms with Crippen molar-refractivity contribution in [2.24, 2.45) is 0 Å². The molecule has 0 aromatic rings. The van der Waals surface area contributed by atoms with E-state index in [2.05, 4.69) is 6.92 Å². The molecule has 0 saturated carbocycles. The molecule has 0 aromatic heterocycles. The van der Waals surface area contributed by atoms with Crippen LogP contribution in [-0.2, 0) is 26.7 Å². The van der Waals surface area contributed by atoms with Crippen LogP contribution in [0.4, 0.5) is 13.2 Å². The summed E-state index contributed by atoms with van der Waals surface area (Å²) < 4.78 is 58.9. The second-order valence-corrected chi connectivity index (χ2v) is 6.49. The highest BCUT2D eigenvalue weighted by molar-refractivity contribution is 7.86. The number of ketones is 1. The molecule has 1 unspecified atom stereocenters. The predicted octanol–water partition coefficient (Wildman–Crippen LogP) is 1.38. The Hall–Kier alpha value is -0.280. The van der Waals surface area contributed by atoms with Gasteiger partial charge in [-0.2, -0.15) is 13.2 Å². The normalized spacial score (nSPS) is 20.2. The molecule has 1 rings (SSSR count). The van der Waals surface area contributed by atoms with Crippen LogP contribution in [-0.4, -0.2) is 35.3 Å². The zero-order valence-electron chi connectivity index (χ0n) is 9.74. The molecule has 0 bridgehead atoms. The van der Waals surface area contributed by atoms with Gasteiger partial charge in [-0.25, -0.2) is 8.42 Å². The second kappa shape index (κ2) is 7.34. The second-order valence-electron chi connectivity index (χ2n) is 3.68. The molecule has 0 aromatic carbocycles. The molecule has 0 spiro atoms. The van der Waals surface area contributed by atoms with Crippen molar-refractivity contribution in [1.29, 1.82) is 0 Å². The minimum absolute atomic E-state index is 0.417. The third-order valence-electron chi connectivity index (χ3n) is 2.14. The zero-order chi connectivity index (χ0) is 14.4. The third-order valence-corrected chi connectivity index (χ3v) is 4.27. The van der Waals surface area contributed by atoms with Crippen molar-refractivity contribution in [2.75, 3.05) is 5.75 Å². The molecule has 0 amide bonds. The summed E-state index contributed by atoms with van der Waals surface area (Å²) in [7, 11) is -6.09. The molecule has 1 fully saturated rings. The molecular formula is C9H15F3O4S2. The topological polar surface area (TPSA) is 74.3 Å². The molecule has 1 saturated heterocycles. The Balaban J connectivity index is 0.000000331. The fraction of sp³-hybridized carbons (Fsp3) is 0.889. The molecule has 108 valence electrons. The largest absolute Gasteiger partial charge is 0.741 e. The van der Waals surface area contributed by atoms with Crippen LogP contribution in [0.15, 0.2) is 0 Å². The van der Waals surface area contributed by atoms with Gasteiger partial charge in [-0.3, -0.25) is 4.79 Å². The van der Waals surface area contributed by atoms with Crippen LogP contribution in [0.1, 0.15) is 32.6 Å². The van der Waals surface area contributed by atoms with E-state index in [1.54, 1.807) is 0 Å². The summed E-state index contributed by atoms with van der Waals surface area (Å²) in [5.41, 5.74) is -5.65. The molecule has 1 atom stereocenters. The summed E-state index contributed by atoms with van der Waals surface area (Å²) in [5.74, 6) is 1.75. The van der Waals surface area contributed by atoms with Crippen LogP contribution >= 0.6 is 0 Å². The first-order valence-electron chi connectivity index (χ1n) is 5.31. The molecule has 4 nitrogen and oxygen atoms in total. The van der Waals surface area contributed by atoms with Crippen molar-refractivity contribution in [3.05, 3.63) is 0 Å². The van der Waals surface area contributed by atoms with Gasteiger partial charge < -0.3 is 4.55 Å². The van der Waals surface area contributed by atoms with Crippen LogP contribution in [0.3, 0.4) is 0 Å². The molecule has 1 aliphatic rings. The lowest BCUT2D eigenvalue weighted by molar-refractivity contribution is -0.118. The van der Waals surface area contributed by atoms with E-state index in [1.807, 2.05) is 0 Å². The lowest BCUT2D eigenvalue weighted by Gasteiger charge is -2.08. The van der Waals surface area contributed by atoms with Gasteiger partial charge in [0, 0.05) is 12.8 Å². The van der Waals surface area contributed by atoms with E-state index in [0.29, 0.717) is 11.0 Å². The number of rotatable bonds is 3. The SMILES string of the molecule is CCCC(=O)C1CCC[SH+]1.O=S(=O)([O-])C(F)(F)F. The first-order chi connectivity index (χ1) is 8.09. The maximum Gasteiger partial charge on any atom is 0.485 e. The van der Waals surface area contributed by atoms with Gasteiger partial charge >= 0.3 is 5.51 Å². The smallest absolute Gasteiger partial charge is 0.485 e. The van der Waals surface area contributed by atoms with Crippen molar-refractivity contribution in [3.63, 3.8) is 0 Å². The van der Waals surface area contributed by atoms with Gasteiger partial charge in [0.25, 0.3) is 0 Å². The molecule has 0 radical (unpaired) electrons. The number of thiol groups is 1. The van der Waals surface area contributed by atoms with Crippen LogP contribution in [0, 0.1) is 0 Å².